The van der Waals surface area contributed by atoms with Gasteiger partial charge in [-0.15, -0.1) is 0 Å². The van der Waals surface area contributed by atoms with Crippen LogP contribution in [0.2, 0.25) is 0 Å². The molecule has 4 heteroatoms. The van der Waals surface area contributed by atoms with Gasteiger partial charge in [-0.1, -0.05) is 141 Å². The molecule has 2 rings (SSSR count). The zero-order valence-corrected chi connectivity index (χ0v) is 24.0. The van der Waals surface area contributed by atoms with E-state index < -0.39 is 21.7 Å². The number of rotatable bonds is 3. The van der Waals surface area contributed by atoms with Crippen LogP contribution < -0.4 is 0 Å². The van der Waals surface area contributed by atoms with Crippen LogP contribution in [0.1, 0.15) is 83.1 Å². The summed E-state index contributed by atoms with van der Waals surface area (Å²) in [6.07, 6.45) is 11.4. The highest BCUT2D eigenvalue weighted by Gasteiger charge is 2.54. The molecule has 32 heavy (non-hydrogen) atoms. The Hall–Kier alpha value is -0.420. The summed E-state index contributed by atoms with van der Waals surface area (Å²) in [6.45, 7) is 26.5. The van der Waals surface area contributed by atoms with Gasteiger partial charge in [-0.25, -0.2) is 0 Å². The van der Waals surface area contributed by atoms with Crippen molar-refractivity contribution in [1.29, 1.82) is 0 Å². The van der Waals surface area contributed by atoms with Crippen molar-refractivity contribution in [1.82, 2.24) is 0 Å². The fourth-order valence-electron chi connectivity index (χ4n) is 4.19. The largest absolute Gasteiger partial charge is 0.387 e. The van der Waals surface area contributed by atoms with E-state index in [0.29, 0.717) is 0 Å². The highest BCUT2D eigenvalue weighted by atomic mass is 33.1. The van der Waals surface area contributed by atoms with Gasteiger partial charge in [0.2, 0.25) is 0 Å². The third-order valence-corrected chi connectivity index (χ3v) is 11.4. The van der Waals surface area contributed by atoms with Gasteiger partial charge in [0.15, 0.2) is 0 Å². The quantitative estimate of drug-likeness (QED) is 0.407. The number of aliphatic hydroxyl groups is 2. The second-order valence-electron chi connectivity index (χ2n) is 13.6. The third kappa shape index (κ3) is 5.14. The van der Waals surface area contributed by atoms with Crippen molar-refractivity contribution in [3.8, 4) is 0 Å². The Balaban J connectivity index is 2.62. The molecular weight excluding hydrogens is 432 g/mol. The van der Waals surface area contributed by atoms with Gasteiger partial charge in [0, 0.05) is 0 Å². The predicted octanol–water partition coefficient (Wildman–Crippen LogP) is 7.74. The van der Waals surface area contributed by atoms with E-state index >= 15 is 0 Å². The lowest BCUT2D eigenvalue weighted by molar-refractivity contribution is 0.127. The molecule has 0 saturated heterocycles. The molecular formula is C28H46O2S2. The molecule has 0 heterocycles. The van der Waals surface area contributed by atoms with Crippen LogP contribution in [-0.4, -0.2) is 31.9 Å². The summed E-state index contributed by atoms with van der Waals surface area (Å²) in [4.78, 5) is 0. The molecule has 0 aliphatic heterocycles. The minimum absolute atomic E-state index is 0.00746. The van der Waals surface area contributed by atoms with Crippen LogP contribution in [0.15, 0.2) is 47.6 Å². The van der Waals surface area contributed by atoms with E-state index in [-0.39, 0.29) is 21.7 Å². The first kappa shape index (κ1) is 27.8. The first-order chi connectivity index (χ1) is 14.2. The number of aliphatic hydroxyl groups excluding tert-OH is 2. The number of allylic oxidation sites excluding steroid dienone is 4. The molecule has 2 aliphatic rings. The molecule has 0 bridgehead atoms. The summed E-state index contributed by atoms with van der Waals surface area (Å²) in [5.74, 6) is 0. The highest BCUT2D eigenvalue weighted by Crippen LogP contribution is 2.62. The third-order valence-electron chi connectivity index (χ3n) is 6.93. The molecule has 0 aromatic rings. The predicted molar refractivity (Wildman–Crippen MR) is 145 cm³/mol. The molecule has 4 unspecified atom stereocenters. The molecule has 0 amide bonds. The van der Waals surface area contributed by atoms with Crippen LogP contribution in [0, 0.1) is 21.7 Å². The van der Waals surface area contributed by atoms with Crippen LogP contribution in [0.4, 0.5) is 0 Å². The van der Waals surface area contributed by atoms with Gasteiger partial charge < -0.3 is 10.2 Å². The van der Waals surface area contributed by atoms with E-state index in [0.717, 1.165) is 0 Å². The van der Waals surface area contributed by atoms with E-state index in [9.17, 15) is 10.2 Å². The van der Waals surface area contributed by atoms with Gasteiger partial charge in [-0.05, 0) is 32.8 Å². The number of hydrogen-bond donors (Lipinski definition) is 2. The van der Waals surface area contributed by atoms with Crippen molar-refractivity contribution < 1.29 is 10.2 Å². The minimum atomic E-state index is -0.606. The molecule has 4 atom stereocenters. The van der Waals surface area contributed by atoms with Crippen molar-refractivity contribution in [3.63, 3.8) is 0 Å². The molecule has 2 N–H and O–H groups in total. The maximum Gasteiger partial charge on any atom is 0.0919 e. The topological polar surface area (TPSA) is 40.5 Å². The average Bonchev–Trinajstić information content (AvgIpc) is 2.58. The summed E-state index contributed by atoms with van der Waals surface area (Å²) in [5.41, 5.74) is 2.07. The normalized spacial score (nSPS) is 32.1. The van der Waals surface area contributed by atoms with Crippen LogP contribution >= 0.6 is 21.6 Å². The standard InChI is InChI=1S/C28H46O2S2/c1-23(2,3)19-13-15-21(29)27(17-19,25(7,8)9)31-32-28(26(10,11)12)18-20(24(4,5)6)14-16-22(28)30/h13-18,21-22,29-30H,1-12H3. The monoisotopic (exact) mass is 478 g/mol. The highest BCUT2D eigenvalue weighted by molar-refractivity contribution is 8.77. The van der Waals surface area contributed by atoms with Crippen molar-refractivity contribution in [2.24, 2.45) is 21.7 Å². The lowest BCUT2D eigenvalue weighted by Crippen LogP contribution is -2.52. The Morgan fingerprint density at radius 2 is 0.875 bits per heavy atom. The van der Waals surface area contributed by atoms with E-state index in [1.54, 1.807) is 21.6 Å². The summed E-state index contributed by atoms with van der Waals surface area (Å²) in [7, 11) is 3.46. The molecule has 0 fully saturated rings. The molecule has 0 radical (unpaired) electrons. The summed E-state index contributed by atoms with van der Waals surface area (Å²) in [5, 5.41) is 22.7. The second-order valence-corrected chi connectivity index (χ2v) is 16.2. The molecule has 2 aliphatic carbocycles. The molecule has 0 saturated carbocycles. The zero-order chi connectivity index (χ0) is 25.0. The zero-order valence-electron chi connectivity index (χ0n) is 22.3. The smallest absolute Gasteiger partial charge is 0.0919 e. The van der Waals surface area contributed by atoms with Crippen molar-refractivity contribution in [3.05, 3.63) is 47.6 Å². The fourth-order valence-corrected chi connectivity index (χ4v) is 8.88. The van der Waals surface area contributed by atoms with E-state index in [2.05, 4.69) is 107 Å². The van der Waals surface area contributed by atoms with Gasteiger partial charge in [-0.2, -0.15) is 0 Å². The van der Waals surface area contributed by atoms with Crippen LogP contribution in [-0.2, 0) is 0 Å². The Kier molecular flexibility index (Phi) is 7.53. The van der Waals surface area contributed by atoms with Gasteiger partial charge in [0.05, 0.1) is 21.7 Å². The van der Waals surface area contributed by atoms with Gasteiger partial charge in [-0.3, -0.25) is 0 Å². The Morgan fingerprint density at radius 3 is 1.09 bits per heavy atom. The maximum absolute atomic E-state index is 11.3. The van der Waals surface area contributed by atoms with E-state index in [1.807, 2.05) is 12.2 Å². The first-order valence-corrected chi connectivity index (χ1v) is 13.9. The average molecular weight is 479 g/mol. The van der Waals surface area contributed by atoms with Gasteiger partial charge in [0.25, 0.3) is 0 Å². The van der Waals surface area contributed by atoms with Gasteiger partial charge in [0.1, 0.15) is 0 Å². The number of hydrogen-bond acceptors (Lipinski definition) is 4. The van der Waals surface area contributed by atoms with Crippen molar-refractivity contribution >= 4 is 21.6 Å². The van der Waals surface area contributed by atoms with Crippen molar-refractivity contribution in [2.45, 2.75) is 105 Å². The summed E-state index contributed by atoms with van der Waals surface area (Å²) >= 11 is 0. The van der Waals surface area contributed by atoms with Crippen molar-refractivity contribution in [2.75, 3.05) is 0 Å². The second kappa shape index (κ2) is 8.66. The summed E-state index contributed by atoms with van der Waals surface area (Å²) < 4.78 is -1.05. The van der Waals surface area contributed by atoms with Crippen LogP contribution in [0.5, 0.6) is 0 Å². The minimum Gasteiger partial charge on any atom is -0.387 e. The lowest BCUT2D eigenvalue weighted by atomic mass is 9.70. The Labute approximate surface area is 205 Å². The maximum atomic E-state index is 11.3. The molecule has 2 nitrogen and oxygen atoms in total. The molecule has 182 valence electrons. The van der Waals surface area contributed by atoms with E-state index in [4.69, 9.17) is 0 Å². The Bertz CT molecular complexity index is 751. The SMILES string of the molecule is CC(C)(C)C1=CC(SSC2(C(C)(C)C)C=C(C(C)(C)C)C=CC2O)(C(C)(C)C)C(O)C=C1. The van der Waals surface area contributed by atoms with Crippen LogP contribution in [0.25, 0.3) is 0 Å². The molecule has 0 spiro atoms. The fraction of sp³-hybridized carbons (Fsp3) is 0.714. The summed E-state index contributed by atoms with van der Waals surface area (Å²) in [6, 6.07) is 0. The van der Waals surface area contributed by atoms with E-state index in [1.165, 1.54) is 11.1 Å². The lowest BCUT2D eigenvalue weighted by Gasteiger charge is -2.52. The molecule has 0 aromatic heterocycles. The van der Waals surface area contributed by atoms with Gasteiger partial charge >= 0.3 is 0 Å². The molecule has 0 aromatic carbocycles. The first-order valence-electron chi connectivity index (χ1n) is 11.7. The Morgan fingerprint density at radius 1 is 0.594 bits per heavy atom. The van der Waals surface area contributed by atoms with Crippen LogP contribution in [0.3, 0.4) is 0 Å².